The highest BCUT2D eigenvalue weighted by Crippen LogP contribution is 2.34. The molecule has 9 nitrogen and oxygen atoms in total. The van der Waals surface area contributed by atoms with E-state index in [0.29, 0.717) is 60.4 Å². The number of ether oxygens (including phenoxy) is 2. The van der Waals surface area contributed by atoms with E-state index in [4.69, 9.17) is 21.1 Å². The smallest absolute Gasteiger partial charge is 0.416 e. The van der Waals surface area contributed by atoms with Crippen molar-refractivity contribution < 1.29 is 32.2 Å². The highest BCUT2D eigenvalue weighted by Gasteiger charge is 2.32. The van der Waals surface area contributed by atoms with Gasteiger partial charge in [0.1, 0.15) is 5.75 Å². The van der Waals surface area contributed by atoms with Gasteiger partial charge in [-0.1, -0.05) is 17.7 Å². The minimum Gasteiger partial charge on any atom is -0.497 e. The molecule has 1 fully saturated rings. The molecule has 0 aromatic heterocycles. The quantitative estimate of drug-likeness (QED) is 0.318. The van der Waals surface area contributed by atoms with Gasteiger partial charge in [0.2, 0.25) is 11.8 Å². The Kier molecular flexibility index (Phi) is 12.3. The van der Waals surface area contributed by atoms with E-state index in [1.807, 2.05) is 11.8 Å². The molecule has 13 heteroatoms. The summed E-state index contributed by atoms with van der Waals surface area (Å²) < 4.78 is 50.8. The summed E-state index contributed by atoms with van der Waals surface area (Å²) in [5.74, 6) is 0.103. The first-order chi connectivity index (χ1) is 20.0. The van der Waals surface area contributed by atoms with Crippen molar-refractivity contribution in [2.24, 2.45) is 0 Å². The molecule has 2 aromatic rings. The van der Waals surface area contributed by atoms with Crippen molar-refractivity contribution in [3.8, 4) is 5.75 Å². The Morgan fingerprint density at radius 2 is 1.79 bits per heavy atom. The third kappa shape index (κ3) is 9.22. The lowest BCUT2D eigenvalue weighted by Crippen LogP contribution is -2.50. The summed E-state index contributed by atoms with van der Waals surface area (Å²) in [5, 5.41) is 9.26. The maximum absolute atomic E-state index is 13.5. The van der Waals surface area contributed by atoms with E-state index >= 15 is 0 Å². The molecular weight excluding hydrogens is 575 g/mol. The Bertz CT molecular complexity index is 1210. The lowest BCUT2D eigenvalue weighted by Gasteiger charge is -2.38. The monoisotopic (exact) mass is 613 g/mol. The number of nitrogens with zero attached hydrogens (tertiary/aromatic N) is 2. The van der Waals surface area contributed by atoms with Crippen LogP contribution in [0.2, 0.25) is 5.02 Å². The van der Waals surface area contributed by atoms with Crippen LogP contribution in [0.15, 0.2) is 36.4 Å². The molecule has 0 radical (unpaired) electrons. The van der Waals surface area contributed by atoms with Gasteiger partial charge in [-0.05, 0) is 55.4 Å². The summed E-state index contributed by atoms with van der Waals surface area (Å²) in [7, 11) is 4.74. The van der Waals surface area contributed by atoms with E-state index in [2.05, 4.69) is 16.0 Å². The van der Waals surface area contributed by atoms with E-state index in [1.54, 1.807) is 37.3 Å². The van der Waals surface area contributed by atoms with Crippen molar-refractivity contribution in [3.05, 3.63) is 58.1 Å². The molecule has 232 valence electrons. The lowest BCUT2D eigenvalue weighted by molar-refractivity contribution is -0.137. The number of methoxy groups -OCH3 is 2. The van der Waals surface area contributed by atoms with Gasteiger partial charge < -0.3 is 35.2 Å². The number of anilines is 1. The zero-order chi connectivity index (χ0) is 30.9. The van der Waals surface area contributed by atoms with Crippen molar-refractivity contribution in [1.29, 1.82) is 0 Å². The molecule has 0 bridgehead atoms. The molecule has 3 N–H and O–H groups in total. The number of likely N-dealkylation sites (N-methyl/N-ethyl adjacent to an activating group) is 1. The Labute approximate surface area is 249 Å². The largest absolute Gasteiger partial charge is 0.497 e. The van der Waals surface area contributed by atoms with Gasteiger partial charge in [0, 0.05) is 56.6 Å². The van der Waals surface area contributed by atoms with Gasteiger partial charge in [0.25, 0.3) is 0 Å². The molecule has 1 aliphatic heterocycles. The van der Waals surface area contributed by atoms with Crippen molar-refractivity contribution in [2.45, 2.75) is 38.1 Å². The van der Waals surface area contributed by atoms with Gasteiger partial charge in [-0.3, -0.25) is 9.59 Å². The van der Waals surface area contributed by atoms with Gasteiger partial charge in [0.15, 0.2) is 0 Å². The van der Waals surface area contributed by atoms with Gasteiger partial charge in [-0.2, -0.15) is 13.2 Å². The van der Waals surface area contributed by atoms with Crippen LogP contribution in [0.4, 0.5) is 18.9 Å². The molecule has 1 saturated heterocycles. The molecule has 2 aromatic carbocycles. The van der Waals surface area contributed by atoms with Crippen LogP contribution in [0, 0.1) is 0 Å². The van der Waals surface area contributed by atoms with Crippen LogP contribution in [0.5, 0.6) is 5.75 Å². The van der Waals surface area contributed by atoms with Crippen molar-refractivity contribution in [2.75, 3.05) is 65.5 Å². The number of hydrogen-bond acceptors (Lipinski definition) is 7. The van der Waals surface area contributed by atoms with Crippen LogP contribution in [0.25, 0.3) is 0 Å². The maximum Gasteiger partial charge on any atom is 0.416 e. The summed E-state index contributed by atoms with van der Waals surface area (Å²) in [6.45, 7) is 4.27. The number of amides is 2. The van der Waals surface area contributed by atoms with Crippen molar-refractivity contribution in [3.63, 3.8) is 0 Å². The molecular formula is C29H39ClF3N5O4. The molecule has 2 atom stereocenters. The fourth-order valence-corrected chi connectivity index (χ4v) is 5.17. The van der Waals surface area contributed by atoms with E-state index in [0.717, 1.165) is 6.07 Å². The topological polar surface area (TPSA) is 95.2 Å². The first-order valence-electron chi connectivity index (χ1n) is 13.7. The second-order valence-corrected chi connectivity index (χ2v) is 10.6. The minimum atomic E-state index is -4.46. The average Bonchev–Trinajstić information content (AvgIpc) is 2.95. The normalized spacial score (nSPS) is 15.3. The molecule has 2 unspecified atom stereocenters. The molecule has 2 amide bonds. The summed E-state index contributed by atoms with van der Waals surface area (Å²) in [4.78, 5) is 29.5. The Morgan fingerprint density at radius 3 is 2.38 bits per heavy atom. The number of alkyl halides is 3. The van der Waals surface area contributed by atoms with E-state index < -0.39 is 17.8 Å². The molecule has 1 heterocycles. The Morgan fingerprint density at radius 1 is 1.07 bits per heavy atom. The number of benzene rings is 2. The van der Waals surface area contributed by atoms with E-state index in [9.17, 15) is 22.8 Å². The number of nitrogens with one attached hydrogen (secondary N) is 3. The van der Waals surface area contributed by atoms with Crippen LogP contribution in [-0.2, 0) is 27.0 Å². The predicted molar refractivity (Wildman–Crippen MR) is 156 cm³/mol. The van der Waals surface area contributed by atoms with Gasteiger partial charge in [-0.25, -0.2) is 0 Å². The summed E-state index contributed by atoms with van der Waals surface area (Å²) in [6.07, 6.45) is -4.46. The average molecular weight is 614 g/mol. The van der Waals surface area contributed by atoms with Crippen LogP contribution in [0.3, 0.4) is 0 Å². The number of carbonyl (C=O) groups excluding carboxylic acids is 2. The van der Waals surface area contributed by atoms with Gasteiger partial charge in [0.05, 0.1) is 38.3 Å². The molecule has 42 heavy (non-hydrogen) atoms. The van der Waals surface area contributed by atoms with Crippen LogP contribution >= 0.6 is 11.6 Å². The first-order valence-corrected chi connectivity index (χ1v) is 14.1. The molecule has 3 rings (SSSR count). The second kappa shape index (κ2) is 15.4. The zero-order valence-electron chi connectivity index (χ0n) is 24.3. The standard InChI is InChI=1S/C29H39ClF3N5O4/c1-19(18-41-3)35-16-20-13-21(29(31,32)33)5-8-26(20)37-9-11-38(12-10-37)28(40)15-25(36-27(39)17-34-2)23-7-6-22(42-4)14-24(23)30/h5-8,13-14,19,25,34-35H,9-12,15-18H2,1-4H3,(H,36,39). The SMILES string of the molecule is CNCC(=O)NC(CC(=O)N1CCN(c2ccc(C(F)(F)F)cc2CNC(C)COC)CC1)c1ccc(OC)cc1Cl. The summed E-state index contributed by atoms with van der Waals surface area (Å²) >= 11 is 6.48. The molecule has 0 spiro atoms. The number of piperazine rings is 1. The van der Waals surface area contributed by atoms with Crippen molar-refractivity contribution >= 4 is 29.1 Å². The number of hydrogen-bond donors (Lipinski definition) is 3. The Balaban J connectivity index is 1.72. The lowest BCUT2D eigenvalue weighted by atomic mass is 10.0. The fraction of sp³-hybridized carbons (Fsp3) is 0.517. The number of rotatable bonds is 13. The van der Waals surface area contributed by atoms with Crippen LogP contribution in [0.1, 0.15) is 36.1 Å². The highest BCUT2D eigenvalue weighted by molar-refractivity contribution is 6.31. The van der Waals surface area contributed by atoms with E-state index in [1.165, 1.54) is 19.2 Å². The van der Waals surface area contributed by atoms with Gasteiger partial charge in [-0.15, -0.1) is 0 Å². The fourth-order valence-electron chi connectivity index (χ4n) is 4.87. The zero-order valence-corrected chi connectivity index (χ0v) is 25.1. The third-order valence-electron chi connectivity index (χ3n) is 7.07. The second-order valence-electron chi connectivity index (χ2n) is 10.2. The first kappa shape index (κ1) is 33.4. The predicted octanol–water partition coefficient (Wildman–Crippen LogP) is 3.61. The molecule has 1 aliphatic rings. The third-order valence-corrected chi connectivity index (χ3v) is 7.40. The van der Waals surface area contributed by atoms with Crippen LogP contribution in [-0.4, -0.2) is 83.4 Å². The van der Waals surface area contributed by atoms with Crippen molar-refractivity contribution in [1.82, 2.24) is 20.9 Å². The van der Waals surface area contributed by atoms with Crippen LogP contribution < -0.4 is 25.6 Å². The highest BCUT2D eigenvalue weighted by atomic mass is 35.5. The summed E-state index contributed by atoms with van der Waals surface area (Å²) in [5.41, 5.74) is 1.10. The number of halogens is 4. The molecule has 0 saturated carbocycles. The molecule has 0 aliphatic carbocycles. The minimum absolute atomic E-state index is 0.00561. The van der Waals surface area contributed by atoms with E-state index in [-0.39, 0.29) is 37.4 Å². The van der Waals surface area contributed by atoms with Gasteiger partial charge >= 0.3 is 6.18 Å². The Hall–Kier alpha value is -3.06. The maximum atomic E-state index is 13.5. The summed E-state index contributed by atoms with van der Waals surface area (Å²) in [6, 6.07) is 8.13. The number of carbonyl (C=O) groups is 2.